The molecule has 0 aliphatic carbocycles. The first-order valence-electron chi connectivity index (χ1n) is 6.93. The Kier molecular flexibility index (Phi) is 5.91. The highest BCUT2D eigenvalue weighted by molar-refractivity contribution is 9.10. The topological polar surface area (TPSA) is 15.3 Å². The van der Waals surface area contributed by atoms with E-state index in [0.29, 0.717) is 11.0 Å². The molecule has 1 atom stereocenters. The second-order valence-corrected chi connectivity index (χ2v) is 6.21. The van der Waals surface area contributed by atoms with Crippen LogP contribution in [0.2, 0.25) is 0 Å². The van der Waals surface area contributed by atoms with Crippen molar-refractivity contribution in [1.82, 2.24) is 10.2 Å². The maximum atomic E-state index is 13.3. The second kappa shape index (κ2) is 7.69. The van der Waals surface area contributed by atoms with Crippen LogP contribution in [0.4, 0.5) is 4.39 Å². The molecule has 0 spiro atoms. The van der Waals surface area contributed by atoms with Crippen molar-refractivity contribution in [1.29, 1.82) is 0 Å². The minimum atomic E-state index is -0.230. The van der Waals surface area contributed by atoms with Crippen LogP contribution in [0, 0.1) is 5.82 Å². The summed E-state index contributed by atoms with van der Waals surface area (Å²) < 4.78 is 13.8. The van der Waals surface area contributed by atoms with Crippen molar-refractivity contribution >= 4 is 15.9 Å². The lowest BCUT2D eigenvalue weighted by atomic mass is 10.1. The van der Waals surface area contributed by atoms with Gasteiger partial charge in [0.15, 0.2) is 0 Å². The van der Waals surface area contributed by atoms with Crippen LogP contribution in [0.1, 0.15) is 17.2 Å². The third-order valence-electron chi connectivity index (χ3n) is 3.29. The van der Waals surface area contributed by atoms with Gasteiger partial charge in [0.25, 0.3) is 0 Å². The van der Waals surface area contributed by atoms with E-state index in [9.17, 15) is 4.39 Å². The van der Waals surface area contributed by atoms with Crippen LogP contribution in [0.15, 0.2) is 53.0 Å². The van der Waals surface area contributed by atoms with Crippen LogP contribution < -0.4 is 5.32 Å². The Morgan fingerprint density at radius 1 is 1.14 bits per heavy atom. The molecule has 0 heterocycles. The molecule has 0 amide bonds. The molecule has 0 saturated carbocycles. The molecule has 1 unspecified atom stereocenters. The molecule has 0 aliphatic heterocycles. The Hall–Kier alpha value is -1.23. The van der Waals surface area contributed by atoms with Crippen LogP contribution in [-0.2, 0) is 6.54 Å². The minimum absolute atomic E-state index is 0.230. The fraction of sp³-hybridized carbons (Fsp3) is 0.294. The van der Waals surface area contributed by atoms with Gasteiger partial charge in [-0.2, -0.15) is 0 Å². The Morgan fingerprint density at radius 3 is 2.48 bits per heavy atom. The highest BCUT2D eigenvalue weighted by Gasteiger charge is 2.12. The van der Waals surface area contributed by atoms with E-state index in [0.717, 1.165) is 12.1 Å². The van der Waals surface area contributed by atoms with Gasteiger partial charge in [0, 0.05) is 19.1 Å². The Balaban J connectivity index is 2.07. The molecule has 0 radical (unpaired) electrons. The smallest absolute Gasteiger partial charge is 0.137 e. The number of hydrogen-bond donors (Lipinski definition) is 1. The lowest BCUT2D eigenvalue weighted by molar-refractivity contribution is 0.340. The third kappa shape index (κ3) is 4.92. The van der Waals surface area contributed by atoms with Gasteiger partial charge >= 0.3 is 0 Å². The lowest BCUT2D eigenvalue weighted by Crippen LogP contribution is -2.30. The van der Waals surface area contributed by atoms with Crippen molar-refractivity contribution in [3.05, 3.63) is 69.9 Å². The zero-order chi connectivity index (χ0) is 15.2. The largest absolute Gasteiger partial charge is 0.308 e. The first kappa shape index (κ1) is 16.1. The quantitative estimate of drug-likeness (QED) is 0.847. The number of rotatable bonds is 6. The molecule has 21 heavy (non-hydrogen) atoms. The summed E-state index contributed by atoms with van der Waals surface area (Å²) in [6.07, 6.45) is 0. The van der Waals surface area contributed by atoms with Crippen molar-refractivity contribution in [2.24, 2.45) is 0 Å². The van der Waals surface area contributed by atoms with E-state index in [1.165, 1.54) is 11.6 Å². The van der Waals surface area contributed by atoms with Crippen molar-refractivity contribution in [3.63, 3.8) is 0 Å². The number of nitrogens with zero attached hydrogens (tertiary/aromatic N) is 1. The van der Waals surface area contributed by atoms with E-state index < -0.39 is 0 Å². The predicted octanol–water partition coefficient (Wildman–Crippen LogP) is 3.98. The highest BCUT2D eigenvalue weighted by atomic mass is 79.9. The fourth-order valence-electron chi connectivity index (χ4n) is 2.23. The lowest BCUT2D eigenvalue weighted by Gasteiger charge is -2.23. The summed E-state index contributed by atoms with van der Waals surface area (Å²) in [4.78, 5) is 2.16. The molecule has 4 heteroatoms. The molecule has 0 aromatic heterocycles. The molecule has 0 bridgehead atoms. The molecule has 112 valence electrons. The van der Waals surface area contributed by atoms with Gasteiger partial charge in [-0.05, 0) is 53.3 Å². The number of benzene rings is 2. The van der Waals surface area contributed by atoms with Gasteiger partial charge in [-0.1, -0.05) is 36.4 Å². The predicted molar refractivity (Wildman–Crippen MR) is 88.7 cm³/mol. The molecule has 2 aromatic carbocycles. The summed E-state index contributed by atoms with van der Waals surface area (Å²) in [6, 6.07) is 15.7. The zero-order valence-electron chi connectivity index (χ0n) is 12.3. The van der Waals surface area contributed by atoms with Gasteiger partial charge in [0.2, 0.25) is 0 Å². The Bertz CT molecular complexity index is 572. The van der Waals surface area contributed by atoms with E-state index >= 15 is 0 Å². The van der Waals surface area contributed by atoms with Crippen LogP contribution in [-0.4, -0.2) is 25.5 Å². The molecule has 0 fully saturated rings. The Labute approximate surface area is 134 Å². The Morgan fingerprint density at radius 2 is 1.86 bits per heavy atom. The van der Waals surface area contributed by atoms with Gasteiger partial charge in [0.1, 0.15) is 5.82 Å². The molecular weight excluding hydrogens is 331 g/mol. The second-order valence-electron chi connectivity index (χ2n) is 5.35. The molecule has 2 rings (SSSR count). The normalized spacial score (nSPS) is 12.6. The maximum absolute atomic E-state index is 13.3. The summed E-state index contributed by atoms with van der Waals surface area (Å²) in [5.41, 5.74) is 2.32. The first-order valence-corrected chi connectivity index (χ1v) is 7.72. The molecule has 2 aromatic rings. The average Bonchev–Trinajstić information content (AvgIpc) is 2.47. The van der Waals surface area contributed by atoms with E-state index in [1.807, 2.05) is 30.3 Å². The molecular formula is C17H20BrFN2. The number of halogens is 2. The monoisotopic (exact) mass is 350 g/mol. The van der Waals surface area contributed by atoms with Crippen LogP contribution >= 0.6 is 15.9 Å². The summed E-state index contributed by atoms with van der Waals surface area (Å²) in [5, 5.41) is 3.55. The SMILES string of the molecule is CN(C)CC(NCc1ccc(F)c(Br)c1)c1ccccc1. The summed E-state index contributed by atoms with van der Waals surface area (Å²) >= 11 is 3.23. The minimum Gasteiger partial charge on any atom is -0.308 e. The fourth-order valence-corrected chi connectivity index (χ4v) is 2.66. The average molecular weight is 351 g/mol. The van der Waals surface area contributed by atoms with Crippen LogP contribution in [0.3, 0.4) is 0 Å². The van der Waals surface area contributed by atoms with Gasteiger partial charge < -0.3 is 10.2 Å². The molecule has 2 nitrogen and oxygen atoms in total. The van der Waals surface area contributed by atoms with E-state index in [-0.39, 0.29) is 11.9 Å². The van der Waals surface area contributed by atoms with Crippen molar-refractivity contribution in [3.8, 4) is 0 Å². The molecule has 0 aliphatic rings. The van der Waals surface area contributed by atoms with Gasteiger partial charge in [-0.25, -0.2) is 4.39 Å². The molecule has 1 N–H and O–H groups in total. The van der Waals surface area contributed by atoms with Gasteiger partial charge in [-0.15, -0.1) is 0 Å². The zero-order valence-corrected chi connectivity index (χ0v) is 13.9. The summed E-state index contributed by atoms with van der Waals surface area (Å²) in [6.45, 7) is 1.61. The highest BCUT2D eigenvalue weighted by Crippen LogP contribution is 2.18. The van der Waals surface area contributed by atoms with Gasteiger partial charge in [0.05, 0.1) is 4.47 Å². The number of likely N-dealkylation sites (N-methyl/N-ethyl adjacent to an activating group) is 1. The summed E-state index contributed by atoms with van der Waals surface area (Å²) in [7, 11) is 4.12. The van der Waals surface area contributed by atoms with Crippen molar-refractivity contribution in [2.45, 2.75) is 12.6 Å². The van der Waals surface area contributed by atoms with E-state index in [4.69, 9.17) is 0 Å². The van der Waals surface area contributed by atoms with E-state index in [2.05, 4.69) is 52.4 Å². The third-order valence-corrected chi connectivity index (χ3v) is 3.89. The first-order chi connectivity index (χ1) is 10.1. The number of nitrogens with one attached hydrogen (secondary N) is 1. The summed E-state index contributed by atoms with van der Waals surface area (Å²) in [5.74, 6) is -0.230. The van der Waals surface area contributed by atoms with Crippen LogP contribution in [0.5, 0.6) is 0 Å². The van der Waals surface area contributed by atoms with Crippen molar-refractivity contribution < 1.29 is 4.39 Å². The van der Waals surface area contributed by atoms with Crippen molar-refractivity contribution in [2.75, 3.05) is 20.6 Å². The standard InChI is InChI=1S/C17H20BrFN2/c1-21(2)12-17(14-6-4-3-5-7-14)20-11-13-8-9-16(19)15(18)10-13/h3-10,17,20H,11-12H2,1-2H3. The maximum Gasteiger partial charge on any atom is 0.137 e. The van der Waals surface area contributed by atoms with Gasteiger partial charge in [-0.3, -0.25) is 0 Å². The van der Waals surface area contributed by atoms with E-state index in [1.54, 1.807) is 0 Å². The van der Waals surface area contributed by atoms with Crippen LogP contribution in [0.25, 0.3) is 0 Å². The molecule has 0 saturated heterocycles. The number of hydrogen-bond acceptors (Lipinski definition) is 2.